The molecule has 2 aliphatic rings. The molecule has 0 saturated heterocycles. The SMILES string of the molecule is CC(C)=CC1=C(C)CN2CCc3ccccc3C2C1. The van der Waals surface area contributed by atoms with Crippen LogP contribution in [0.25, 0.3) is 0 Å². The van der Waals surface area contributed by atoms with Crippen LogP contribution >= 0.6 is 0 Å². The van der Waals surface area contributed by atoms with Crippen molar-refractivity contribution in [3.63, 3.8) is 0 Å². The Morgan fingerprint density at radius 3 is 2.84 bits per heavy atom. The summed E-state index contributed by atoms with van der Waals surface area (Å²) < 4.78 is 0. The molecule has 0 aliphatic carbocycles. The van der Waals surface area contributed by atoms with Gasteiger partial charge in [0.1, 0.15) is 0 Å². The van der Waals surface area contributed by atoms with Crippen LogP contribution in [0.4, 0.5) is 0 Å². The third kappa shape index (κ3) is 2.40. The number of rotatable bonds is 1. The lowest BCUT2D eigenvalue weighted by Crippen LogP contribution is -2.39. The van der Waals surface area contributed by atoms with Crippen LogP contribution < -0.4 is 0 Å². The Hall–Kier alpha value is -1.34. The number of hydrogen-bond donors (Lipinski definition) is 0. The van der Waals surface area contributed by atoms with E-state index in [-0.39, 0.29) is 0 Å². The molecule has 2 aliphatic heterocycles. The van der Waals surface area contributed by atoms with E-state index in [1.807, 2.05) is 0 Å². The van der Waals surface area contributed by atoms with Crippen LogP contribution in [0.5, 0.6) is 0 Å². The van der Waals surface area contributed by atoms with Crippen molar-refractivity contribution in [3.05, 3.63) is 58.2 Å². The molecule has 1 unspecified atom stereocenters. The van der Waals surface area contributed by atoms with Crippen molar-refractivity contribution < 1.29 is 0 Å². The van der Waals surface area contributed by atoms with Gasteiger partial charge in [-0.05, 0) is 50.3 Å². The number of hydrogen-bond acceptors (Lipinski definition) is 1. The molecular weight excluding hydrogens is 230 g/mol. The summed E-state index contributed by atoms with van der Waals surface area (Å²) in [6.45, 7) is 9.04. The molecule has 19 heavy (non-hydrogen) atoms. The van der Waals surface area contributed by atoms with Crippen LogP contribution in [0.1, 0.15) is 44.4 Å². The predicted octanol–water partition coefficient (Wildman–Crippen LogP) is 4.27. The first kappa shape index (κ1) is 12.7. The van der Waals surface area contributed by atoms with Crippen LogP contribution in [-0.2, 0) is 6.42 Å². The van der Waals surface area contributed by atoms with Gasteiger partial charge in [0.05, 0.1) is 0 Å². The molecule has 0 spiro atoms. The van der Waals surface area contributed by atoms with Gasteiger partial charge in [-0.15, -0.1) is 0 Å². The first-order valence-corrected chi connectivity index (χ1v) is 7.30. The zero-order valence-electron chi connectivity index (χ0n) is 12.2. The third-order valence-corrected chi connectivity index (χ3v) is 4.39. The number of allylic oxidation sites excluding steroid dienone is 2. The molecule has 100 valence electrons. The van der Waals surface area contributed by atoms with Crippen molar-refractivity contribution in [2.75, 3.05) is 13.1 Å². The molecule has 1 heteroatoms. The van der Waals surface area contributed by atoms with Gasteiger partial charge in [0.15, 0.2) is 0 Å². The normalized spacial score (nSPS) is 22.8. The maximum atomic E-state index is 2.65. The minimum absolute atomic E-state index is 0.597. The predicted molar refractivity (Wildman–Crippen MR) is 81.2 cm³/mol. The molecule has 1 aromatic carbocycles. The van der Waals surface area contributed by atoms with Gasteiger partial charge < -0.3 is 0 Å². The lowest BCUT2D eigenvalue weighted by Gasteiger charge is -2.41. The second-order valence-electron chi connectivity index (χ2n) is 6.17. The maximum absolute atomic E-state index is 2.65. The van der Waals surface area contributed by atoms with Gasteiger partial charge in [0.2, 0.25) is 0 Å². The fourth-order valence-corrected chi connectivity index (χ4v) is 3.45. The van der Waals surface area contributed by atoms with E-state index in [1.54, 1.807) is 22.3 Å². The lowest BCUT2D eigenvalue weighted by molar-refractivity contribution is 0.188. The highest BCUT2D eigenvalue weighted by Gasteiger charge is 2.30. The smallest absolute Gasteiger partial charge is 0.0394 e. The maximum Gasteiger partial charge on any atom is 0.0394 e. The minimum atomic E-state index is 0.597. The van der Waals surface area contributed by atoms with Gasteiger partial charge in [0.25, 0.3) is 0 Å². The molecule has 0 radical (unpaired) electrons. The molecule has 1 nitrogen and oxygen atoms in total. The highest BCUT2D eigenvalue weighted by molar-refractivity contribution is 5.39. The van der Waals surface area contributed by atoms with Gasteiger partial charge in [-0.1, -0.05) is 41.5 Å². The summed E-state index contributed by atoms with van der Waals surface area (Å²) in [4.78, 5) is 2.65. The van der Waals surface area contributed by atoms with Crippen molar-refractivity contribution in [3.8, 4) is 0 Å². The van der Waals surface area contributed by atoms with Gasteiger partial charge in [-0.2, -0.15) is 0 Å². The van der Waals surface area contributed by atoms with Gasteiger partial charge in [-0.3, -0.25) is 4.90 Å². The van der Waals surface area contributed by atoms with Crippen LogP contribution in [-0.4, -0.2) is 18.0 Å². The number of nitrogens with zero attached hydrogens (tertiary/aromatic N) is 1. The van der Waals surface area contributed by atoms with E-state index in [4.69, 9.17) is 0 Å². The van der Waals surface area contributed by atoms with Crippen LogP contribution in [0.3, 0.4) is 0 Å². The quantitative estimate of drug-likeness (QED) is 0.722. The molecule has 0 amide bonds. The Labute approximate surface area is 116 Å². The van der Waals surface area contributed by atoms with E-state index >= 15 is 0 Å². The van der Waals surface area contributed by atoms with E-state index in [0.29, 0.717) is 6.04 Å². The van der Waals surface area contributed by atoms with Crippen LogP contribution in [0.15, 0.2) is 47.1 Å². The molecule has 1 atom stereocenters. The molecule has 0 aromatic heterocycles. The molecule has 0 N–H and O–H groups in total. The van der Waals surface area contributed by atoms with E-state index in [2.05, 4.69) is 56.0 Å². The molecule has 2 heterocycles. The molecule has 0 saturated carbocycles. The fourth-order valence-electron chi connectivity index (χ4n) is 3.45. The Bertz CT molecular complexity index is 547. The summed E-state index contributed by atoms with van der Waals surface area (Å²) in [5.74, 6) is 0. The van der Waals surface area contributed by atoms with Crippen molar-refractivity contribution in [2.45, 2.75) is 39.7 Å². The standard InChI is InChI=1S/C18H23N/c1-13(2)10-16-11-18-17-7-5-4-6-15(17)8-9-19(18)12-14(16)3/h4-7,10,18H,8-9,11-12H2,1-3H3. The lowest BCUT2D eigenvalue weighted by atomic mass is 9.84. The molecular formula is C18H23N. The molecule has 3 rings (SSSR count). The second kappa shape index (κ2) is 4.97. The molecule has 0 fully saturated rings. The Balaban J connectivity index is 1.97. The summed E-state index contributed by atoms with van der Waals surface area (Å²) >= 11 is 0. The summed E-state index contributed by atoms with van der Waals surface area (Å²) in [5.41, 5.74) is 7.63. The Morgan fingerprint density at radius 2 is 2.05 bits per heavy atom. The second-order valence-corrected chi connectivity index (χ2v) is 6.17. The van der Waals surface area contributed by atoms with E-state index in [1.165, 1.54) is 25.0 Å². The van der Waals surface area contributed by atoms with Crippen molar-refractivity contribution in [1.82, 2.24) is 4.90 Å². The molecule has 0 bridgehead atoms. The van der Waals surface area contributed by atoms with Crippen molar-refractivity contribution in [1.29, 1.82) is 0 Å². The van der Waals surface area contributed by atoms with Crippen molar-refractivity contribution >= 4 is 0 Å². The Morgan fingerprint density at radius 1 is 1.26 bits per heavy atom. The van der Waals surface area contributed by atoms with E-state index < -0.39 is 0 Å². The van der Waals surface area contributed by atoms with Crippen LogP contribution in [0.2, 0.25) is 0 Å². The van der Waals surface area contributed by atoms with E-state index in [9.17, 15) is 0 Å². The van der Waals surface area contributed by atoms with Crippen molar-refractivity contribution in [2.24, 2.45) is 0 Å². The highest BCUT2D eigenvalue weighted by atomic mass is 15.2. The zero-order chi connectivity index (χ0) is 13.4. The van der Waals surface area contributed by atoms with Gasteiger partial charge >= 0.3 is 0 Å². The topological polar surface area (TPSA) is 3.24 Å². The molecule has 1 aromatic rings. The minimum Gasteiger partial charge on any atom is -0.292 e. The largest absolute Gasteiger partial charge is 0.292 e. The van der Waals surface area contributed by atoms with E-state index in [0.717, 1.165) is 6.54 Å². The summed E-state index contributed by atoms with van der Waals surface area (Å²) in [6.07, 6.45) is 4.76. The first-order chi connectivity index (χ1) is 9.15. The number of benzene rings is 1. The Kier molecular flexibility index (Phi) is 3.32. The highest BCUT2D eigenvalue weighted by Crippen LogP contribution is 2.39. The average Bonchev–Trinajstić information content (AvgIpc) is 2.39. The average molecular weight is 253 g/mol. The zero-order valence-corrected chi connectivity index (χ0v) is 12.2. The van der Waals surface area contributed by atoms with Crippen LogP contribution in [0, 0.1) is 0 Å². The van der Waals surface area contributed by atoms with Gasteiger partial charge in [0, 0.05) is 19.1 Å². The third-order valence-electron chi connectivity index (χ3n) is 4.39. The fraction of sp³-hybridized carbons (Fsp3) is 0.444. The number of fused-ring (bicyclic) bond motifs is 3. The summed E-state index contributed by atoms with van der Waals surface area (Å²) in [6, 6.07) is 9.59. The monoisotopic (exact) mass is 253 g/mol. The van der Waals surface area contributed by atoms with Gasteiger partial charge in [-0.25, -0.2) is 0 Å². The summed E-state index contributed by atoms with van der Waals surface area (Å²) in [5, 5.41) is 0. The summed E-state index contributed by atoms with van der Waals surface area (Å²) in [7, 11) is 0. The first-order valence-electron chi connectivity index (χ1n) is 7.30.